The number of alkyl halides is 3. The van der Waals surface area contributed by atoms with Crippen LogP contribution in [0.5, 0.6) is 0 Å². The zero-order valence-corrected chi connectivity index (χ0v) is 15.9. The molecule has 0 atom stereocenters. The highest BCUT2D eigenvalue weighted by Gasteiger charge is 2.30. The molecular weight excluding hydrogens is 385 g/mol. The number of nitrogen functional groups attached to an aromatic ring is 2. The molecule has 4 aromatic carbocycles. The Morgan fingerprint density at radius 1 is 0.467 bits per heavy atom. The second-order valence-corrected chi connectivity index (χ2v) is 7.13. The number of nitrogens with two attached hydrogens (primary N) is 2. The number of benzene rings is 4. The Balaban J connectivity index is 1.87. The largest absolute Gasteiger partial charge is 0.416 e. The second-order valence-electron chi connectivity index (χ2n) is 7.13. The maximum Gasteiger partial charge on any atom is 0.416 e. The highest BCUT2D eigenvalue weighted by Crippen LogP contribution is 2.35. The lowest BCUT2D eigenvalue weighted by molar-refractivity contribution is -0.137. The zero-order chi connectivity index (χ0) is 21.3. The van der Waals surface area contributed by atoms with Gasteiger partial charge in [-0.2, -0.15) is 13.2 Å². The molecule has 0 fully saturated rings. The Morgan fingerprint density at radius 3 is 1.30 bits per heavy atom. The topological polar surface area (TPSA) is 52.0 Å². The van der Waals surface area contributed by atoms with Gasteiger partial charge in [-0.25, -0.2) is 0 Å². The van der Waals surface area contributed by atoms with Gasteiger partial charge < -0.3 is 11.5 Å². The molecule has 0 aliphatic carbocycles. The Morgan fingerprint density at radius 2 is 0.900 bits per heavy atom. The van der Waals surface area contributed by atoms with Crippen LogP contribution in [0.15, 0.2) is 91.0 Å². The number of rotatable bonds is 3. The molecule has 5 heteroatoms. The SMILES string of the molecule is Nc1cccc(-c2cc(-c3ccc(C(F)(F)F)cc3)cc(-c3cccc(N)c3)c2)c1. The first-order valence-electron chi connectivity index (χ1n) is 9.34. The van der Waals surface area contributed by atoms with Gasteiger partial charge in [0, 0.05) is 11.4 Å². The van der Waals surface area contributed by atoms with Crippen molar-refractivity contribution < 1.29 is 13.2 Å². The third-order valence-electron chi connectivity index (χ3n) is 4.92. The first-order chi connectivity index (χ1) is 14.3. The molecule has 4 rings (SSSR count). The summed E-state index contributed by atoms with van der Waals surface area (Å²) in [6.45, 7) is 0. The quantitative estimate of drug-likeness (QED) is 0.366. The average Bonchev–Trinajstić information content (AvgIpc) is 2.73. The molecule has 0 aliphatic heterocycles. The molecule has 0 bridgehead atoms. The standard InChI is InChI=1S/C25H19F3N2/c26-25(27,28)22-9-7-16(8-10-22)19-11-20(17-3-1-5-23(29)14-17)13-21(12-19)18-4-2-6-24(30)15-18/h1-15H,29-30H2. The summed E-state index contributed by atoms with van der Waals surface area (Å²) in [5, 5.41) is 0. The van der Waals surface area contributed by atoms with Gasteiger partial charge in [0.2, 0.25) is 0 Å². The Hall–Kier alpha value is -3.73. The average molecular weight is 404 g/mol. The van der Waals surface area contributed by atoms with Gasteiger partial charge in [0.15, 0.2) is 0 Å². The van der Waals surface area contributed by atoms with Gasteiger partial charge in [-0.1, -0.05) is 36.4 Å². The molecule has 0 aliphatic rings. The van der Waals surface area contributed by atoms with E-state index in [1.807, 2.05) is 66.7 Å². The van der Waals surface area contributed by atoms with Crippen molar-refractivity contribution in [2.24, 2.45) is 0 Å². The number of hydrogen-bond acceptors (Lipinski definition) is 2. The van der Waals surface area contributed by atoms with Crippen molar-refractivity contribution in [3.63, 3.8) is 0 Å². The number of anilines is 2. The zero-order valence-electron chi connectivity index (χ0n) is 15.9. The lowest BCUT2D eigenvalue weighted by Gasteiger charge is -2.13. The highest BCUT2D eigenvalue weighted by molar-refractivity contribution is 5.82. The highest BCUT2D eigenvalue weighted by atomic mass is 19.4. The van der Waals surface area contributed by atoms with Crippen LogP contribution in [0.25, 0.3) is 33.4 Å². The smallest absolute Gasteiger partial charge is 0.399 e. The van der Waals surface area contributed by atoms with E-state index in [1.165, 1.54) is 12.1 Å². The van der Waals surface area contributed by atoms with Gasteiger partial charge in [-0.05, 0) is 88.0 Å². The number of halogens is 3. The van der Waals surface area contributed by atoms with Crippen LogP contribution in [0.2, 0.25) is 0 Å². The van der Waals surface area contributed by atoms with Crippen LogP contribution in [0.1, 0.15) is 5.56 Å². The molecule has 0 heterocycles. The maximum absolute atomic E-state index is 12.9. The lowest BCUT2D eigenvalue weighted by atomic mass is 9.93. The van der Waals surface area contributed by atoms with Crippen molar-refractivity contribution in [3.8, 4) is 33.4 Å². The van der Waals surface area contributed by atoms with Crippen molar-refractivity contribution in [1.29, 1.82) is 0 Å². The summed E-state index contributed by atoms with van der Waals surface area (Å²) in [5.74, 6) is 0. The summed E-state index contributed by atoms with van der Waals surface area (Å²) in [4.78, 5) is 0. The fraction of sp³-hybridized carbons (Fsp3) is 0.0400. The van der Waals surface area contributed by atoms with E-state index in [9.17, 15) is 13.2 Å². The first kappa shape index (κ1) is 19.6. The fourth-order valence-corrected chi connectivity index (χ4v) is 3.42. The summed E-state index contributed by atoms with van der Waals surface area (Å²) in [7, 11) is 0. The second kappa shape index (κ2) is 7.59. The van der Waals surface area contributed by atoms with Gasteiger partial charge in [0.25, 0.3) is 0 Å². The Bertz CT molecular complexity index is 1130. The minimum Gasteiger partial charge on any atom is -0.399 e. The molecular formula is C25H19F3N2. The summed E-state index contributed by atoms with van der Waals surface area (Å²) in [6.07, 6.45) is -4.37. The summed E-state index contributed by atoms with van der Waals surface area (Å²) in [6, 6.07) is 26.1. The summed E-state index contributed by atoms with van der Waals surface area (Å²) in [5.41, 5.74) is 17.7. The minimum absolute atomic E-state index is 0.637. The molecule has 0 amide bonds. The first-order valence-corrected chi connectivity index (χ1v) is 9.34. The normalized spacial score (nSPS) is 11.4. The van der Waals surface area contributed by atoms with Gasteiger partial charge in [-0.3, -0.25) is 0 Å². The van der Waals surface area contributed by atoms with Gasteiger partial charge >= 0.3 is 6.18 Å². The monoisotopic (exact) mass is 404 g/mol. The van der Waals surface area contributed by atoms with Crippen molar-refractivity contribution in [2.75, 3.05) is 11.5 Å². The molecule has 4 aromatic rings. The van der Waals surface area contributed by atoms with E-state index >= 15 is 0 Å². The molecule has 0 unspecified atom stereocenters. The molecule has 0 aromatic heterocycles. The van der Waals surface area contributed by atoms with E-state index in [0.717, 1.165) is 39.9 Å². The molecule has 4 N–H and O–H groups in total. The summed E-state index contributed by atoms with van der Waals surface area (Å²) < 4.78 is 38.8. The Kier molecular flexibility index (Phi) is 4.96. The number of hydrogen-bond donors (Lipinski definition) is 2. The van der Waals surface area contributed by atoms with Crippen LogP contribution in [0.4, 0.5) is 24.5 Å². The maximum atomic E-state index is 12.9. The lowest BCUT2D eigenvalue weighted by Crippen LogP contribution is -2.04. The molecule has 30 heavy (non-hydrogen) atoms. The van der Waals surface area contributed by atoms with Crippen molar-refractivity contribution >= 4 is 11.4 Å². The van der Waals surface area contributed by atoms with Crippen LogP contribution < -0.4 is 11.5 Å². The minimum atomic E-state index is -4.37. The van der Waals surface area contributed by atoms with Crippen molar-refractivity contribution in [3.05, 3.63) is 96.6 Å². The van der Waals surface area contributed by atoms with Gasteiger partial charge in [0.1, 0.15) is 0 Å². The molecule has 0 spiro atoms. The van der Waals surface area contributed by atoms with Crippen molar-refractivity contribution in [1.82, 2.24) is 0 Å². The fourth-order valence-electron chi connectivity index (χ4n) is 3.42. The van der Waals surface area contributed by atoms with E-state index in [2.05, 4.69) is 0 Å². The van der Waals surface area contributed by atoms with Crippen LogP contribution >= 0.6 is 0 Å². The molecule has 2 nitrogen and oxygen atoms in total. The molecule has 150 valence electrons. The predicted octanol–water partition coefficient (Wildman–Crippen LogP) is 6.87. The molecule has 0 saturated heterocycles. The molecule has 0 saturated carbocycles. The van der Waals surface area contributed by atoms with Crippen LogP contribution in [-0.2, 0) is 6.18 Å². The van der Waals surface area contributed by atoms with E-state index in [4.69, 9.17) is 11.5 Å². The van der Waals surface area contributed by atoms with Gasteiger partial charge in [0.05, 0.1) is 5.56 Å². The van der Waals surface area contributed by atoms with E-state index in [-0.39, 0.29) is 0 Å². The van der Waals surface area contributed by atoms with E-state index in [1.54, 1.807) is 0 Å². The third kappa shape index (κ3) is 4.15. The van der Waals surface area contributed by atoms with Crippen molar-refractivity contribution in [2.45, 2.75) is 6.18 Å². The predicted molar refractivity (Wildman–Crippen MR) is 117 cm³/mol. The van der Waals surface area contributed by atoms with E-state index in [0.29, 0.717) is 16.9 Å². The third-order valence-corrected chi connectivity index (χ3v) is 4.92. The van der Waals surface area contributed by atoms with Gasteiger partial charge in [-0.15, -0.1) is 0 Å². The Labute approximate surface area is 172 Å². The van der Waals surface area contributed by atoms with Crippen LogP contribution in [0.3, 0.4) is 0 Å². The molecule has 0 radical (unpaired) electrons. The van der Waals surface area contributed by atoms with Crippen LogP contribution in [-0.4, -0.2) is 0 Å². The summed E-state index contributed by atoms with van der Waals surface area (Å²) >= 11 is 0. The van der Waals surface area contributed by atoms with Crippen LogP contribution in [0, 0.1) is 0 Å². The van der Waals surface area contributed by atoms with E-state index < -0.39 is 11.7 Å².